The van der Waals surface area contributed by atoms with Gasteiger partial charge in [-0.25, -0.2) is 0 Å². The van der Waals surface area contributed by atoms with Gasteiger partial charge in [0, 0.05) is 17.8 Å². The number of rotatable bonds is 4. The zero-order valence-corrected chi connectivity index (χ0v) is 12.8. The minimum Gasteiger partial charge on any atom is -0.289 e. The van der Waals surface area contributed by atoms with Gasteiger partial charge in [0.2, 0.25) is 0 Å². The third-order valence-electron chi connectivity index (χ3n) is 2.96. The molecule has 0 fully saturated rings. The molecule has 2 rings (SSSR count). The first-order valence-corrected chi connectivity index (χ1v) is 7.81. The molecule has 0 unspecified atom stereocenters. The van der Waals surface area contributed by atoms with E-state index >= 15 is 0 Å². The van der Waals surface area contributed by atoms with E-state index in [2.05, 4.69) is 11.1 Å². The summed E-state index contributed by atoms with van der Waals surface area (Å²) < 4.78 is 26.6. The van der Waals surface area contributed by atoms with Gasteiger partial charge in [-0.1, -0.05) is 41.4 Å². The molecule has 0 aliphatic carbocycles. The Labute approximate surface area is 128 Å². The number of nitrogens with zero attached hydrogens (tertiary/aromatic N) is 1. The van der Waals surface area contributed by atoms with E-state index in [1.807, 2.05) is 19.1 Å². The smallest absolute Gasteiger partial charge is 0.283 e. The van der Waals surface area contributed by atoms with Crippen molar-refractivity contribution in [1.82, 2.24) is 0 Å². The fourth-order valence-electron chi connectivity index (χ4n) is 1.78. The molecule has 21 heavy (non-hydrogen) atoms. The standard InChI is InChI=1S/C15H12ClNO3S/c1-10-3-5-11(6-4-10)15(18)12-7-8-13(16)14(9-12)21(19,20)17-2/h3-9H,2H2,1H3. The van der Waals surface area contributed by atoms with E-state index in [-0.39, 0.29) is 21.3 Å². The molecule has 0 spiro atoms. The highest BCUT2D eigenvalue weighted by atomic mass is 35.5. The number of aryl methyl sites for hydroxylation is 1. The van der Waals surface area contributed by atoms with Crippen LogP contribution in [0, 0.1) is 6.92 Å². The predicted octanol–water partition coefficient (Wildman–Crippen LogP) is 3.27. The molecule has 0 heterocycles. The summed E-state index contributed by atoms with van der Waals surface area (Å²) in [6.07, 6.45) is 0. The highest BCUT2D eigenvalue weighted by Gasteiger charge is 2.19. The number of sulfonamides is 1. The lowest BCUT2D eigenvalue weighted by Gasteiger charge is -2.06. The van der Waals surface area contributed by atoms with Crippen LogP contribution in [-0.2, 0) is 10.0 Å². The first-order chi connectivity index (χ1) is 9.85. The van der Waals surface area contributed by atoms with Crippen LogP contribution >= 0.6 is 11.6 Å². The molecule has 0 amide bonds. The molecule has 6 heteroatoms. The minimum absolute atomic E-state index is 0.00264. The Kier molecular flexibility index (Phi) is 4.25. The quantitative estimate of drug-likeness (QED) is 0.641. The second kappa shape index (κ2) is 5.79. The van der Waals surface area contributed by atoms with E-state index < -0.39 is 10.0 Å². The average molecular weight is 322 g/mol. The molecule has 0 aromatic heterocycles. The lowest BCUT2D eigenvalue weighted by Crippen LogP contribution is -2.04. The van der Waals surface area contributed by atoms with Crippen LogP contribution in [0.1, 0.15) is 21.5 Å². The summed E-state index contributed by atoms with van der Waals surface area (Å²) in [5, 5.41) is 0.00264. The van der Waals surface area contributed by atoms with Gasteiger partial charge in [0.05, 0.1) is 5.02 Å². The van der Waals surface area contributed by atoms with Crippen molar-refractivity contribution in [3.8, 4) is 0 Å². The zero-order valence-electron chi connectivity index (χ0n) is 11.2. The SMILES string of the molecule is C=NS(=O)(=O)c1cc(C(=O)c2ccc(C)cc2)ccc1Cl. The summed E-state index contributed by atoms with van der Waals surface area (Å²) in [4.78, 5) is 12.1. The Morgan fingerprint density at radius 2 is 1.67 bits per heavy atom. The molecule has 0 aliphatic rings. The Balaban J connectivity index is 2.51. The van der Waals surface area contributed by atoms with Crippen molar-refractivity contribution in [3.63, 3.8) is 0 Å². The lowest BCUT2D eigenvalue weighted by molar-refractivity contribution is 0.103. The van der Waals surface area contributed by atoms with Gasteiger partial charge in [0.25, 0.3) is 10.0 Å². The van der Waals surface area contributed by atoms with Gasteiger partial charge in [0.15, 0.2) is 5.78 Å². The van der Waals surface area contributed by atoms with Crippen molar-refractivity contribution >= 4 is 34.1 Å². The van der Waals surface area contributed by atoms with Crippen molar-refractivity contribution in [3.05, 3.63) is 64.2 Å². The normalized spacial score (nSPS) is 11.1. The molecule has 2 aromatic carbocycles. The summed E-state index contributed by atoms with van der Waals surface area (Å²) >= 11 is 5.85. The number of carbonyl (C=O) groups is 1. The second-order valence-corrected chi connectivity index (χ2v) is 6.50. The molecule has 0 saturated carbocycles. The maximum atomic E-state index is 12.4. The van der Waals surface area contributed by atoms with E-state index in [0.717, 1.165) is 5.56 Å². The third-order valence-corrected chi connectivity index (χ3v) is 4.63. The van der Waals surface area contributed by atoms with Crippen LogP contribution < -0.4 is 0 Å². The first-order valence-electron chi connectivity index (χ1n) is 5.99. The zero-order chi connectivity index (χ0) is 15.6. The highest BCUT2D eigenvalue weighted by molar-refractivity contribution is 7.90. The monoisotopic (exact) mass is 321 g/mol. The molecular weight excluding hydrogens is 310 g/mol. The molecule has 2 aromatic rings. The Hall–Kier alpha value is -1.98. The number of carbonyl (C=O) groups excluding carboxylic acids is 1. The first kappa shape index (κ1) is 15.4. The van der Waals surface area contributed by atoms with Crippen LogP contribution in [-0.4, -0.2) is 20.9 Å². The van der Waals surface area contributed by atoms with Crippen LogP contribution in [0.25, 0.3) is 0 Å². The van der Waals surface area contributed by atoms with E-state index in [0.29, 0.717) is 5.56 Å². The van der Waals surface area contributed by atoms with Gasteiger partial charge >= 0.3 is 0 Å². The van der Waals surface area contributed by atoms with Gasteiger partial charge in [-0.15, -0.1) is 0 Å². The van der Waals surface area contributed by atoms with E-state index in [9.17, 15) is 13.2 Å². The minimum atomic E-state index is -3.94. The van der Waals surface area contributed by atoms with Gasteiger partial charge < -0.3 is 0 Å². The molecule has 0 bridgehead atoms. The lowest BCUT2D eigenvalue weighted by atomic mass is 10.0. The van der Waals surface area contributed by atoms with Crippen LogP contribution in [0.3, 0.4) is 0 Å². The molecule has 0 N–H and O–H groups in total. The summed E-state index contributed by atoms with van der Waals surface area (Å²) in [7, 11) is -3.94. The Morgan fingerprint density at radius 1 is 1.10 bits per heavy atom. The molecule has 4 nitrogen and oxygen atoms in total. The van der Waals surface area contributed by atoms with E-state index in [4.69, 9.17) is 11.6 Å². The van der Waals surface area contributed by atoms with Crippen molar-refractivity contribution in [2.24, 2.45) is 4.40 Å². The van der Waals surface area contributed by atoms with Crippen molar-refractivity contribution in [2.45, 2.75) is 11.8 Å². The van der Waals surface area contributed by atoms with Gasteiger partial charge in [0.1, 0.15) is 4.90 Å². The third kappa shape index (κ3) is 3.20. The fraction of sp³-hybridized carbons (Fsp3) is 0.0667. The van der Waals surface area contributed by atoms with Crippen LogP contribution in [0.5, 0.6) is 0 Å². The summed E-state index contributed by atoms with van der Waals surface area (Å²) in [5.41, 5.74) is 1.73. The van der Waals surface area contributed by atoms with Crippen LogP contribution in [0.15, 0.2) is 51.8 Å². The maximum Gasteiger partial charge on any atom is 0.283 e. The molecule has 0 radical (unpaired) electrons. The summed E-state index contributed by atoms with van der Waals surface area (Å²) in [5.74, 6) is -0.285. The Bertz CT molecular complexity index is 811. The molecule has 0 atom stereocenters. The van der Waals surface area contributed by atoms with Crippen LogP contribution in [0.2, 0.25) is 5.02 Å². The van der Waals surface area contributed by atoms with Crippen molar-refractivity contribution < 1.29 is 13.2 Å². The van der Waals surface area contributed by atoms with E-state index in [1.165, 1.54) is 18.2 Å². The topological polar surface area (TPSA) is 63.6 Å². The van der Waals surface area contributed by atoms with Crippen LogP contribution in [0.4, 0.5) is 0 Å². The summed E-state index contributed by atoms with van der Waals surface area (Å²) in [6.45, 7) is 4.92. The Morgan fingerprint density at radius 3 is 2.24 bits per heavy atom. The number of hydrogen-bond acceptors (Lipinski definition) is 3. The largest absolute Gasteiger partial charge is 0.289 e. The van der Waals surface area contributed by atoms with Gasteiger partial charge in [-0.05, 0) is 25.1 Å². The second-order valence-electron chi connectivity index (χ2n) is 4.44. The van der Waals surface area contributed by atoms with Crippen molar-refractivity contribution in [1.29, 1.82) is 0 Å². The number of halogens is 1. The molecule has 0 saturated heterocycles. The number of ketones is 1. The van der Waals surface area contributed by atoms with Crippen molar-refractivity contribution in [2.75, 3.05) is 0 Å². The van der Waals surface area contributed by atoms with Gasteiger partial charge in [-0.2, -0.15) is 12.8 Å². The summed E-state index contributed by atoms with van der Waals surface area (Å²) in [6, 6.07) is 11.1. The van der Waals surface area contributed by atoms with Gasteiger partial charge in [-0.3, -0.25) is 4.79 Å². The molecule has 108 valence electrons. The highest BCUT2D eigenvalue weighted by Crippen LogP contribution is 2.25. The number of hydrogen-bond donors (Lipinski definition) is 0. The predicted molar refractivity (Wildman–Crippen MR) is 82.8 cm³/mol. The molecule has 0 aliphatic heterocycles. The average Bonchev–Trinajstić information content (AvgIpc) is 2.47. The number of benzene rings is 2. The van der Waals surface area contributed by atoms with E-state index in [1.54, 1.807) is 12.1 Å². The fourth-order valence-corrected chi connectivity index (χ4v) is 2.92. The maximum absolute atomic E-state index is 12.4. The molecular formula is C15H12ClNO3S.